The van der Waals surface area contributed by atoms with Crippen LogP contribution in [0.3, 0.4) is 0 Å². The van der Waals surface area contributed by atoms with Gasteiger partial charge in [0.15, 0.2) is 0 Å². The third-order valence-electron chi connectivity index (χ3n) is 3.01. The van der Waals surface area contributed by atoms with E-state index in [1.165, 1.54) is 4.90 Å². The SMILES string of the molecule is CC(C#N)CN(C)C(=O)NCCc1ccc(C(=O)O)cc1. The van der Waals surface area contributed by atoms with Crippen molar-refractivity contribution in [1.82, 2.24) is 10.2 Å². The molecule has 21 heavy (non-hydrogen) atoms. The van der Waals surface area contributed by atoms with Crippen molar-refractivity contribution in [2.24, 2.45) is 5.92 Å². The molecular formula is C15H19N3O3. The van der Waals surface area contributed by atoms with Gasteiger partial charge in [-0.15, -0.1) is 0 Å². The number of urea groups is 1. The molecule has 0 bridgehead atoms. The van der Waals surface area contributed by atoms with Crippen molar-refractivity contribution < 1.29 is 14.7 Å². The van der Waals surface area contributed by atoms with Crippen LogP contribution >= 0.6 is 0 Å². The summed E-state index contributed by atoms with van der Waals surface area (Å²) in [7, 11) is 1.64. The minimum absolute atomic E-state index is 0.204. The minimum Gasteiger partial charge on any atom is -0.478 e. The summed E-state index contributed by atoms with van der Waals surface area (Å²) in [5, 5.41) is 20.3. The number of hydrogen-bond donors (Lipinski definition) is 2. The molecule has 1 rings (SSSR count). The first-order valence-electron chi connectivity index (χ1n) is 6.65. The summed E-state index contributed by atoms with van der Waals surface area (Å²) in [6.45, 7) is 2.60. The highest BCUT2D eigenvalue weighted by Gasteiger charge is 2.11. The Bertz CT molecular complexity index is 534. The van der Waals surface area contributed by atoms with Crippen molar-refractivity contribution in [2.45, 2.75) is 13.3 Å². The van der Waals surface area contributed by atoms with Crippen molar-refractivity contribution in [3.05, 3.63) is 35.4 Å². The van der Waals surface area contributed by atoms with Gasteiger partial charge in [0, 0.05) is 20.1 Å². The van der Waals surface area contributed by atoms with Gasteiger partial charge in [0.1, 0.15) is 0 Å². The average Bonchev–Trinajstić information content (AvgIpc) is 2.47. The molecule has 2 amide bonds. The zero-order valence-electron chi connectivity index (χ0n) is 12.2. The molecule has 0 aromatic heterocycles. The molecule has 0 aliphatic carbocycles. The topological polar surface area (TPSA) is 93.4 Å². The smallest absolute Gasteiger partial charge is 0.335 e. The molecule has 2 N–H and O–H groups in total. The van der Waals surface area contributed by atoms with Crippen LogP contribution in [0, 0.1) is 17.2 Å². The number of carbonyl (C=O) groups is 2. The maximum Gasteiger partial charge on any atom is 0.335 e. The Morgan fingerprint density at radius 3 is 2.52 bits per heavy atom. The molecule has 0 saturated carbocycles. The quantitative estimate of drug-likeness (QED) is 0.834. The van der Waals surface area contributed by atoms with E-state index in [4.69, 9.17) is 10.4 Å². The number of carboxylic acids is 1. The van der Waals surface area contributed by atoms with Crippen LogP contribution in [0.25, 0.3) is 0 Å². The molecule has 0 aliphatic rings. The lowest BCUT2D eigenvalue weighted by atomic mass is 10.1. The Morgan fingerprint density at radius 2 is 2.00 bits per heavy atom. The van der Waals surface area contributed by atoms with Gasteiger partial charge in [-0.1, -0.05) is 12.1 Å². The summed E-state index contributed by atoms with van der Waals surface area (Å²) < 4.78 is 0. The van der Waals surface area contributed by atoms with Crippen LogP contribution in [0.15, 0.2) is 24.3 Å². The maximum atomic E-state index is 11.8. The van der Waals surface area contributed by atoms with E-state index in [0.29, 0.717) is 19.5 Å². The normalized spacial score (nSPS) is 11.3. The Hall–Kier alpha value is -2.55. The highest BCUT2D eigenvalue weighted by atomic mass is 16.4. The van der Waals surface area contributed by atoms with Crippen molar-refractivity contribution in [3.8, 4) is 6.07 Å². The van der Waals surface area contributed by atoms with E-state index in [9.17, 15) is 9.59 Å². The zero-order chi connectivity index (χ0) is 15.8. The monoisotopic (exact) mass is 289 g/mol. The largest absolute Gasteiger partial charge is 0.478 e. The van der Waals surface area contributed by atoms with Gasteiger partial charge in [-0.3, -0.25) is 0 Å². The van der Waals surface area contributed by atoms with Crippen molar-refractivity contribution in [2.75, 3.05) is 20.1 Å². The fourth-order valence-electron chi connectivity index (χ4n) is 1.80. The van der Waals surface area contributed by atoms with Crippen molar-refractivity contribution in [1.29, 1.82) is 5.26 Å². The molecule has 0 radical (unpaired) electrons. The summed E-state index contributed by atoms with van der Waals surface area (Å²) in [6.07, 6.45) is 0.618. The number of rotatable bonds is 6. The van der Waals surface area contributed by atoms with Crippen LogP contribution < -0.4 is 5.32 Å². The molecule has 0 aliphatic heterocycles. The van der Waals surface area contributed by atoms with Gasteiger partial charge in [0.2, 0.25) is 0 Å². The van der Waals surface area contributed by atoms with Crippen LogP contribution in [0.2, 0.25) is 0 Å². The highest BCUT2D eigenvalue weighted by molar-refractivity contribution is 5.87. The van der Waals surface area contributed by atoms with Gasteiger partial charge in [-0.25, -0.2) is 9.59 Å². The van der Waals surface area contributed by atoms with Crippen LogP contribution in [0.1, 0.15) is 22.8 Å². The summed E-state index contributed by atoms with van der Waals surface area (Å²) in [5.74, 6) is -1.16. The fraction of sp³-hybridized carbons (Fsp3) is 0.400. The number of aromatic carboxylic acids is 1. The Morgan fingerprint density at radius 1 is 1.38 bits per heavy atom. The summed E-state index contributed by atoms with van der Waals surface area (Å²) in [5.41, 5.74) is 1.20. The fourth-order valence-corrected chi connectivity index (χ4v) is 1.80. The first-order valence-corrected chi connectivity index (χ1v) is 6.65. The highest BCUT2D eigenvalue weighted by Crippen LogP contribution is 2.05. The molecular weight excluding hydrogens is 270 g/mol. The first-order chi connectivity index (χ1) is 9.93. The van der Waals surface area contributed by atoms with E-state index >= 15 is 0 Å². The lowest BCUT2D eigenvalue weighted by molar-refractivity contribution is 0.0697. The molecule has 1 atom stereocenters. The van der Waals surface area contributed by atoms with Crippen LogP contribution in [0.4, 0.5) is 4.79 Å². The van der Waals surface area contributed by atoms with E-state index in [1.54, 1.807) is 38.2 Å². The van der Waals surface area contributed by atoms with Crippen molar-refractivity contribution >= 4 is 12.0 Å². The van der Waals surface area contributed by atoms with Gasteiger partial charge in [0.25, 0.3) is 0 Å². The second-order valence-corrected chi connectivity index (χ2v) is 4.89. The Kier molecular flexibility index (Phi) is 6.21. The third kappa shape index (κ3) is 5.53. The van der Waals surface area contributed by atoms with Crippen LogP contribution in [-0.2, 0) is 6.42 Å². The molecule has 6 nitrogen and oxygen atoms in total. The molecule has 6 heteroatoms. The first kappa shape index (κ1) is 16.5. The van der Waals surface area contributed by atoms with Gasteiger partial charge in [-0.05, 0) is 31.0 Å². The molecule has 1 unspecified atom stereocenters. The van der Waals surface area contributed by atoms with E-state index in [1.807, 2.05) is 0 Å². The molecule has 0 fully saturated rings. The van der Waals surface area contributed by atoms with Crippen LogP contribution in [0.5, 0.6) is 0 Å². The number of carbonyl (C=O) groups excluding carboxylic acids is 1. The summed E-state index contributed by atoms with van der Waals surface area (Å²) >= 11 is 0. The standard InChI is InChI=1S/C15H19N3O3/c1-11(9-16)10-18(2)15(21)17-8-7-12-3-5-13(6-4-12)14(19)20/h3-6,11H,7-8,10H2,1-2H3,(H,17,21)(H,19,20). The number of nitrogens with one attached hydrogen (secondary N) is 1. The molecule has 0 spiro atoms. The third-order valence-corrected chi connectivity index (χ3v) is 3.01. The number of hydrogen-bond acceptors (Lipinski definition) is 3. The number of nitrogens with zero attached hydrogens (tertiary/aromatic N) is 2. The number of carboxylic acid groups (broad SMARTS) is 1. The lowest BCUT2D eigenvalue weighted by Gasteiger charge is -2.18. The zero-order valence-corrected chi connectivity index (χ0v) is 12.2. The average molecular weight is 289 g/mol. The van der Waals surface area contributed by atoms with Gasteiger partial charge < -0.3 is 15.3 Å². The minimum atomic E-state index is -0.955. The Balaban J connectivity index is 2.37. The van der Waals surface area contributed by atoms with E-state index in [-0.39, 0.29) is 17.5 Å². The molecule has 0 saturated heterocycles. The number of nitriles is 1. The maximum absolute atomic E-state index is 11.8. The van der Waals surface area contributed by atoms with Crippen molar-refractivity contribution in [3.63, 3.8) is 0 Å². The lowest BCUT2D eigenvalue weighted by Crippen LogP contribution is -2.40. The summed E-state index contributed by atoms with van der Waals surface area (Å²) in [4.78, 5) is 23.9. The molecule has 1 aromatic carbocycles. The van der Waals surface area contributed by atoms with Gasteiger partial charge >= 0.3 is 12.0 Å². The predicted octanol–water partition coefficient (Wildman–Crippen LogP) is 1.73. The van der Waals surface area contributed by atoms with Gasteiger partial charge in [0.05, 0.1) is 17.6 Å². The van der Waals surface area contributed by atoms with E-state index in [2.05, 4.69) is 11.4 Å². The van der Waals surface area contributed by atoms with Gasteiger partial charge in [-0.2, -0.15) is 5.26 Å². The summed E-state index contributed by atoms with van der Waals surface area (Å²) in [6, 6.07) is 8.40. The van der Waals surface area contributed by atoms with E-state index < -0.39 is 5.97 Å². The van der Waals surface area contributed by atoms with E-state index in [0.717, 1.165) is 5.56 Å². The molecule has 1 aromatic rings. The number of benzene rings is 1. The Labute approximate surface area is 124 Å². The second-order valence-electron chi connectivity index (χ2n) is 4.89. The predicted molar refractivity (Wildman–Crippen MR) is 77.9 cm³/mol. The number of amides is 2. The second kappa shape index (κ2) is 7.90. The van der Waals surface area contributed by atoms with Crippen LogP contribution in [-0.4, -0.2) is 42.1 Å². The molecule has 0 heterocycles. The molecule has 112 valence electrons.